The molecule has 0 radical (unpaired) electrons. The van der Waals surface area contributed by atoms with Crippen LogP contribution in [0.1, 0.15) is 76.7 Å². The van der Waals surface area contributed by atoms with Crippen molar-refractivity contribution in [1.82, 2.24) is 14.5 Å². The lowest BCUT2D eigenvalue weighted by Crippen LogP contribution is -2.58. The molecule has 8 nitrogen and oxygen atoms in total. The smallest absolute Gasteiger partial charge is 0.327 e. The van der Waals surface area contributed by atoms with Gasteiger partial charge in [-0.05, 0) is 68.9 Å². The van der Waals surface area contributed by atoms with Crippen LogP contribution in [-0.4, -0.2) is 55.1 Å². The molecule has 36 heavy (non-hydrogen) atoms. The minimum Gasteiger partial charge on any atom is -0.365 e. The summed E-state index contributed by atoms with van der Waals surface area (Å²) in [6, 6.07) is 9.64. The van der Waals surface area contributed by atoms with Crippen LogP contribution >= 0.6 is 7.60 Å². The maximum atomic E-state index is 13.7. The van der Waals surface area contributed by atoms with Crippen molar-refractivity contribution < 1.29 is 14.4 Å². The summed E-state index contributed by atoms with van der Waals surface area (Å²) in [7, 11) is -4.15. The normalized spacial score (nSPS) is 32.9. The third kappa shape index (κ3) is 4.90. The van der Waals surface area contributed by atoms with Gasteiger partial charge in [0.15, 0.2) is 5.82 Å². The van der Waals surface area contributed by atoms with E-state index in [1.54, 1.807) is 0 Å². The van der Waals surface area contributed by atoms with Crippen molar-refractivity contribution in [2.75, 3.05) is 18.0 Å². The maximum absolute atomic E-state index is 13.7. The minimum absolute atomic E-state index is 0.0125. The standard InChI is InChI=1S/C27H39N4O4P/c32-27-26(28-11-12-36(33,34)35)29-24-9-1-2-10-25(24)31(27)23-16-20-7-4-8-21(17-23)30(20)22-14-18-5-3-6-19(13-18)15-22/h1-2,9-10,18-23H,3-8,11-17H2,(H,28,29)(H2,33,34,35)/t18-,19+,20-,21+,22?,23?. The fourth-order valence-corrected chi connectivity index (χ4v) is 8.49. The summed E-state index contributed by atoms with van der Waals surface area (Å²) in [5.74, 6) is 2.01. The van der Waals surface area contributed by atoms with Crippen LogP contribution in [0.15, 0.2) is 29.1 Å². The van der Waals surface area contributed by atoms with E-state index in [4.69, 9.17) is 0 Å². The molecular formula is C27H39N4O4P. The lowest BCUT2D eigenvalue weighted by molar-refractivity contribution is -0.0485. The number of aromatic nitrogens is 2. The molecule has 2 aliphatic carbocycles. The third-order valence-electron chi connectivity index (χ3n) is 9.39. The van der Waals surface area contributed by atoms with Gasteiger partial charge < -0.3 is 19.7 Å². The van der Waals surface area contributed by atoms with Gasteiger partial charge in [-0.15, -0.1) is 0 Å². The second-order valence-corrected chi connectivity index (χ2v) is 13.6. The molecule has 3 N–H and O–H groups in total. The van der Waals surface area contributed by atoms with Crippen molar-refractivity contribution in [3.05, 3.63) is 34.6 Å². The molecule has 0 amide bonds. The molecule has 9 heteroatoms. The van der Waals surface area contributed by atoms with Gasteiger partial charge >= 0.3 is 7.60 Å². The molecule has 2 aliphatic heterocycles. The Bertz CT molecular complexity index is 1190. The van der Waals surface area contributed by atoms with E-state index in [0.29, 0.717) is 18.1 Å². The minimum atomic E-state index is -4.15. The Morgan fingerprint density at radius 1 is 0.889 bits per heavy atom. The summed E-state index contributed by atoms with van der Waals surface area (Å²) >= 11 is 0. The largest absolute Gasteiger partial charge is 0.365 e. The predicted octanol–water partition coefficient (Wildman–Crippen LogP) is 4.51. The molecule has 2 unspecified atom stereocenters. The van der Waals surface area contributed by atoms with Crippen molar-refractivity contribution >= 4 is 24.4 Å². The van der Waals surface area contributed by atoms with E-state index in [0.717, 1.165) is 35.7 Å². The number of benzene rings is 1. The number of para-hydroxylation sites is 2. The number of hydrogen-bond acceptors (Lipinski definition) is 5. The highest BCUT2D eigenvalue weighted by molar-refractivity contribution is 7.51. The number of piperidine rings is 2. The Morgan fingerprint density at radius 2 is 1.56 bits per heavy atom. The molecule has 2 saturated heterocycles. The van der Waals surface area contributed by atoms with Crippen molar-refractivity contribution in [3.8, 4) is 0 Å². The summed E-state index contributed by atoms with van der Waals surface area (Å²) in [5.41, 5.74) is 1.42. The number of anilines is 1. The average molecular weight is 515 g/mol. The summed E-state index contributed by atoms with van der Waals surface area (Å²) in [6.45, 7) is 0.0125. The van der Waals surface area contributed by atoms with Crippen LogP contribution in [0.25, 0.3) is 11.0 Å². The van der Waals surface area contributed by atoms with Crippen molar-refractivity contribution in [1.29, 1.82) is 0 Å². The molecule has 196 valence electrons. The first-order valence-corrected chi connectivity index (χ1v) is 15.7. The van der Waals surface area contributed by atoms with E-state index in [9.17, 15) is 19.1 Å². The van der Waals surface area contributed by atoms with Gasteiger partial charge in [0.05, 0.1) is 17.2 Å². The fourth-order valence-electron chi connectivity index (χ4n) is 8.09. The van der Waals surface area contributed by atoms with Crippen molar-refractivity contribution in [3.63, 3.8) is 0 Å². The molecular weight excluding hydrogens is 475 g/mol. The van der Waals surface area contributed by atoms with Gasteiger partial charge in [0.1, 0.15) is 0 Å². The zero-order valence-corrected chi connectivity index (χ0v) is 21.9. The Balaban J connectivity index is 1.29. The zero-order chi connectivity index (χ0) is 24.9. The number of hydrogen-bond donors (Lipinski definition) is 3. The van der Waals surface area contributed by atoms with Crippen LogP contribution in [-0.2, 0) is 4.57 Å². The number of nitrogens with zero attached hydrogens (tertiary/aromatic N) is 3. The van der Waals surface area contributed by atoms with E-state index in [2.05, 4.69) is 15.2 Å². The Hall–Kier alpha value is -1.73. The van der Waals surface area contributed by atoms with Gasteiger partial charge in [-0.1, -0.05) is 37.8 Å². The van der Waals surface area contributed by atoms with Gasteiger partial charge in [0.2, 0.25) is 0 Å². The highest BCUT2D eigenvalue weighted by atomic mass is 31.2. The maximum Gasteiger partial charge on any atom is 0.327 e. The molecule has 4 fully saturated rings. The molecule has 6 atom stereocenters. The Kier molecular flexibility index (Phi) is 6.74. The molecule has 1 aromatic heterocycles. The van der Waals surface area contributed by atoms with E-state index >= 15 is 0 Å². The first kappa shape index (κ1) is 24.6. The first-order valence-electron chi connectivity index (χ1n) is 13.9. The lowest BCUT2D eigenvalue weighted by atomic mass is 9.68. The molecule has 0 spiro atoms. The molecule has 4 aliphatic rings. The molecule has 2 saturated carbocycles. The monoisotopic (exact) mass is 514 g/mol. The van der Waals surface area contributed by atoms with E-state index in [1.807, 2.05) is 28.8 Å². The number of fused-ring (bicyclic) bond motifs is 5. The van der Waals surface area contributed by atoms with Gasteiger partial charge in [0.25, 0.3) is 5.56 Å². The first-order chi connectivity index (χ1) is 17.4. The van der Waals surface area contributed by atoms with Crippen LogP contribution in [0.5, 0.6) is 0 Å². The summed E-state index contributed by atoms with van der Waals surface area (Å²) < 4.78 is 13.3. The van der Waals surface area contributed by atoms with Gasteiger partial charge in [-0.25, -0.2) is 4.98 Å². The second kappa shape index (κ2) is 9.86. The molecule has 3 heterocycles. The molecule has 6 rings (SSSR count). The second-order valence-electron chi connectivity index (χ2n) is 11.8. The summed E-state index contributed by atoms with van der Waals surface area (Å²) in [4.78, 5) is 39.6. The highest BCUT2D eigenvalue weighted by Gasteiger charge is 2.45. The van der Waals surface area contributed by atoms with Crippen LogP contribution in [0, 0.1) is 11.8 Å². The lowest BCUT2D eigenvalue weighted by Gasteiger charge is -2.55. The van der Waals surface area contributed by atoms with E-state index in [-0.39, 0.29) is 30.1 Å². The zero-order valence-electron chi connectivity index (χ0n) is 21.0. The summed E-state index contributed by atoms with van der Waals surface area (Å²) in [6.07, 6.45) is 13.7. The Labute approximate surface area is 212 Å². The van der Waals surface area contributed by atoms with E-state index in [1.165, 1.54) is 57.8 Å². The summed E-state index contributed by atoms with van der Waals surface area (Å²) in [5, 5.41) is 2.93. The van der Waals surface area contributed by atoms with Gasteiger partial charge in [0, 0.05) is 30.7 Å². The molecule has 1 aromatic carbocycles. The van der Waals surface area contributed by atoms with Crippen molar-refractivity contribution in [2.24, 2.45) is 11.8 Å². The fraction of sp³-hybridized carbons (Fsp3) is 0.704. The van der Waals surface area contributed by atoms with Crippen LogP contribution < -0.4 is 10.9 Å². The van der Waals surface area contributed by atoms with Crippen LogP contribution in [0.2, 0.25) is 0 Å². The number of nitrogens with one attached hydrogen (secondary N) is 1. The topological polar surface area (TPSA) is 108 Å². The Morgan fingerprint density at radius 3 is 2.25 bits per heavy atom. The highest BCUT2D eigenvalue weighted by Crippen LogP contribution is 2.47. The number of rotatable bonds is 6. The quantitative estimate of drug-likeness (QED) is 0.487. The van der Waals surface area contributed by atoms with Crippen LogP contribution in [0.4, 0.5) is 5.82 Å². The van der Waals surface area contributed by atoms with Gasteiger partial charge in [-0.3, -0.25) is 14.3 Å². The molecule has 2 aromatic rings. The predicted molar refractivity (Wildman–Crippen MR) is 141 cm³/mol. The van der Waals surface area contributed by atoms with E-state index < -0.39 is 7.60 Å². The average Bonchev–Trinajstić information content (AvgIpc) is 2.82. The SMILES string of the molecule is O=c1c(NCCP(=O)(O)O)nc2ccccc2n1C1C[C@H]2CCC[C@@H](C1)N2C1C[C@H]2CCC[C@@H](C1)C2. The molecule has 4 bridgehead atoms. The third-order valence-corrected chi connectivity index (χ3v) is 10.2. The van der Waals surface area contributed by atoms with Gasteiger partial charge in [-0.2, -0.15) is 0 Å². The van der Waals surface area contributed by atoms with Crippen LogP contribution in [0.3, 0.4) is 0 Å². The van der Waals surface area contributed by atoms with Crippen molar-refractivity contribution in [2.45, 2.75) is 94.8 Å².